The lowest BCUT2D eigenvalue weighted by molar-refractivity contribution is -0.137. The zero-order chi connectivity index (χ0) is 19.7. The molecule has 1 N–H and O–H groups in total. The third-order valence-electron chi connectivity index (χ3n) is 4.10. The summed E-state index contributed by atoms with van der Waals surface area (Å²) in [6, 6.07) is 10.1. The highest BCUT2D eigenvalue weighted by molar-refractivity contribution is 7.22. The van der Waals surface area contributed by atoms with Crippen LogP contribution in [0.4, 0.5) is 24.1 Å². The van der Waals surface area contributed by atoms with E-state index in [1.165, 1.54) is 17.5 Å². The number of aromatic nitrogens is 4. The summed E-state index contributed by atoms with van der Waals surface area (Å²) in [5.41, 5.74) is 1.92. The molecule has 4 rings (SSSR count). The van der Waals surface area contributed by atoms with Crippen molar-refractivity contribution in [1.82, 2.24) is 20.2 Å². The zero-order valence-corrected chi connectivity index (χ0v) is 15.5. The van der Waals surface area contributed by atoms with Crippen molar-refractivity contribution in [2.75, 3.05) is 5.32 Å². The van der Waals surface area contributed by atoms with Gasteiger partial charge >= 0.3 is 6.18 Å². The van der Waals surface area contributed by atoms with Crippen LogP contribution in [-0.2, 0) is 12.6 Å². The first kappa shape index (κ1) is 18.3. The van der Waals surface area contributed by atoms with Crippen molar-refractivity contribution >= 4 is 32.5 Å². The maximum absolute atomic E-state index is 12.9. The van der Waals surface area contributed by atoms with Crippen LogP contribution >= 0.6 is 11.3 Å². The van der Waals surface area contributed by atoms with E-state index < -0.39 is 11.7 Å². The number of anilines is 2. The van der Waals surface area contributed by atoms with Crippen LogP contribution in [0.1, 0.15) is 18.2 Å². The Morgan fingerprint density at radius 1 is 1.00 bits per heavy atom. The summed E-state index contributed by atoms with van der Waals surface area (Å²) in [5, 5.41) is 11.9. The van der Waals surface area contributed by atoms with Gasteiger partial charge in [-0.3, -0.25) is 4.98 Å². The van der Waals surface area contributed by atoms with Gasteiger partial charge in [-0.05, 0) is 42.3 Å². The van der Waals surface area contributed by atoms with Crippen LogP contribution in [0.15, 0.2) is 48.8 Å². The number of pyridine rings is 1. The van der Waals surface area contributed by atoms with Crippen molar-refractivity contribution < 1.29 is 13.2 Å². The molecule has 0 spiro atoms. The Balaban J connectivity index is 1.63. The predicted molar refractivity (Wildman–Crippen MR) is 103 cm³/mol. The molecule has 4 aromatic rings. The first-order chi connectivity index (χ1) is 13.4. The summed E-state index contributed by atoms with van der Waals surface area (Å²) in [6.45, 7) is 2.00. The summed E-state index contributed by atoms with van der Waals surface area (Å²) in [4.78, 5) is 8.21. The quantitative estimate of drug-likeness (QED) is 0.491. The lowest BCUT2D eigenvalue weighted by Gasteiger charge is -2.08. The SMILES string of the molecule is CCc1ccc(Nc2nc3ccc(-c4cncc(C(F)(F)F)c4)cc3s2)nn1. The van der Waals surface area contributed by atoms with Gasteiger partial charge in [0.2, 0.25) is 0 Å². The van der Waals surface area contributed by atoms with Crippen molar-refractivity contribution in [3.63, 3.8) is 0 Å². The third kappa shape index (κ3) is 3.79. The molecule has 9 heteroatoms. The normalized spacial score (nSPS) is 11.7. The molecule has 3 aromatic heterocycles. The molecule has 28 heavy (non-hydrogen) atoms. The van der Waals surface area contributed by atoms with E-state index in [1.807, 2.05) is 19.1 Å². The number of hydrogen-bond acceptors (Lipinski definition) is 6. The van der Waals surface area contributed by atoms with Crippen LogP contribution in [-0.4, -0.2) is 20.2 Å². The van der Waals surface area contributed by atoms with E-state index in [4.69, 9.17) is 0 Å². The van der Waals surface area contributed by atoms with E-state index in [1.54, 1.807) is 18.2 Å². The van der Waals surface area contributed by atoms with Gasteiger partial charge in [-0.15, -0.1) is 5.10 Å². The summed E-state index contributed by atoms with van der Waals surface area (Å²) < 4.78 is 39.6. The van der Waals surface area contributed by atoms with Crippen LogP contribution < -0.4 is 5.32 Å². The molecule has 0 aliphatic rings. The fourth-order valence-electron chi connectivity index (χ4n) is 2.64. The van der Waals surface area contributed by atoms with Gasteiger partial charge in [-0.25, -0.2) is 4.98 Å². The molecule has 0 bridgehead atoms. The topological polar surface area (TPSA) is 63.6 Å². The van der Waals surface area contributed by atoms with E-state index in [0.29, 0.717) is 22.1 Å². The molecule has 0 saturated carbocycles. The van der Waals surface area contributed by atoms with E-state index in [0.717, 1.165) is 34.6 Å². The Kier molecular flexibility index (Phi) is 4.68. The second-order valence-corrected chi connectivity index (χ2v) is 7.08. The number of rotatable bonds is 4. The van der Waals surface area contributed by atoms with Crippen LogP contribution in [0.5, 0.6) is 0 Å². The summed E-state index contributed by atoms with van der Waals surface area (Å²) in [7, 11) is 0. The summed E-state index contributed by atoms with van der Waals surface area (Å²) in [5.74, 6) is 0.582. The van der Waals surface area contributed by atoms with Crippen molar-refractivity contribution in [2.45, 2.75) is 19.5 Å². The fraction of sp³-hybridized carbons (Fsp3) is 0.158. The number of aryl methyl sites for hydroxylation is 1. The zero-order valence-electron chi connectivity index (χ0n) is 14.7. The van der Waals surface area contributed by atoms with Crippen LogP contribution in [0.3, 0.4) is 0 Å². The highest BCUT2D eigenvalue weighted by Crippen LogP contribution is 2.34. The van der Waals surface area contributed by atoms with Crippen LogP contribution in [0.25, 0.3) is 21.3 Å². The molecule has 0 aliphatic carbocycles. The summed E-state index contributed by atoms with van der Waals surface area (Å²) in [6.07, 6.45) is -1.38. The molecular weight excluding hydrogens is 387 g/mol. The Bertz CT molecular complexity index is 1120. The largest absolute Gasteiger partial charge is 0.417 e. The minimum Gasteiger partial charge on any atom is -0.315 e. The van der Waals surface area contributed by atoms with Gasteiger partial charge in [0.25, 0.3) is 0 Å². The number of alkyl halides is 3. The molecule has 3 heterocycles. The Labute approximate surface area is 162 Å². The van der Waals surface area contributed by atoms with E-state index >= 15 is 0 Å². The van der Waals surface area contributed by atoms with Crippen LogP contribution in [0.2, 0.25) is 0 Å². The van der Waals surface area contributed by atoms with Gasteiger partial charge in [-0.1, -0.05) is 24.3 Å². The van der Waals surface area contributed by atoms with Crippen molar-refractivity contribution in [2.24, 2.45) is 0 Å². The molecule has 1 aromatic carbocycles. The summed E-state index contributed by atoms with van der Waals surface area (Å²) >= 11 is 1.39. The number of hydrogen-bond donors (Lipinski definition) is 1. The average molecular weight is 401 g/mol. The maximum Gasteiger partial charge on any atom is 0.417 e. The second-order valence-electron chi connectivity index (χ2n) is 6.05. The molecule has 0 unspecified atom stereocenters. The Morgan fingerprint density at radius 3 is 2.57 bits per heavy atom. The fourth-order valence-corrected chi connectivity index (χ4v) is 3.55. The number of benzene rings is 1. The molecule has 0 aliphatic heterocycles. The first-order valence-corrected chi connectivity index (χ1v) is 9.27. The van der Waals surface area contributed by atoms with Gasteiger partial charge in [0.1, 0.15) is 0 Å². The number of nitrogens with zero attached hydrogens (tertiary/aromatic N) is 4. The number of nitrogens with one attached hydrogen (secondary N) is 1. The third-order valence-corrected chi connectivity index (χ3v) is 5.04. The molecule has 0 atom stereocenters. The molecule has 0 saturated heterocycles. The van der Waals surface area contributed by atoms with Gasteiger partial charge in [0.15, 0.2) is 10.9 Å². The Morgan fingerprint density at radius 2 is 1.86 bits per heavy atom. The molecule has 0 fully saturated rings. The maximum atomic E-state index is 12.9. The predicted octanol–water partition coefficient (Wildman–Crippen LogP) is 5.47. The minimum atomic E-state index is -4.43. The molecule has 5 nitrogen and oxygen atoms in total. The van der Waals surface area contributed by atoms with E-state index in [2.05, 4.69) is 25.5 Å². The lowest BCUT2D eigenvalue weighted by Crippen LogP contribution is -2.05. The van der Waals surface area contributed by atoms with Gasteiger partial charge in [0, 0.05) is 18.0 Å². The van der Waals surface area contributed by atoms with Gasteiger partial charge in [-0.2, -0.15) is 18.3 Å². The standard InChI is InChI=1S/C19H14F3N5S/c1-2-14-4-6-17(27-26-14)25-18-24-15-5-3-11(8-16(15)28-18)12-7-13(10-23-9-12)19(20,21)22/h3-10H,2H2,1H3,(H,24,25,27). The Hall–Kier alpha value is -3.07. The molecule has 142 valence electrons. The first-order valence-electron chi connectivity index (χ1n) is 8.45. The number of halogens is 3. The van der Waals surface area contributed by atoms with Gasteiger partial charge < -0.3 is 5.32 Å². The molecule has 0 amide bonds. The van der Waals surface area contributed by atoms with E-state index in [9.17, 15) is 13.2 Å². The van der Waals surface area contributed by atoms with E-state index in [-0.39, 0.29) is 0 Å². The smallest absolute Gasteiger partial charge is 0.315 e. The average Bonchev–Trinajstić information content (AvgIpc) is 3.09. The molecular formula is C19H14F3N5S. The van der Waals surface area contributed by atoms with Gasteiger partial charge in [0.05, 0.1) is 21.5 Å². The minimum absolute atomic E-state index is 0.403. The second kappa shape index (κ2) is 7.16. The monoisotopic (exact) mass is 401 g/mol. The highest BCUT2D eigenvalue weighted by atomic mass is 32.1. The lowest BCUT2D eigenvalue weighted by atomic mass is 10.1. The van der Waals surface area contributed by atoms with Crippen LogP contribution in [0, 0.1) is 0 Å². The number of thiazole rings is 1. The number of fused-ring (bicyclic) bond motifs is 1. The van der Waals surface area contributed by atoms with Crippen molar-refractivity contribution in [3.8, 4) is 11.1 Å². The van der Waals surface area contributed by atoms with Crippen molar-refractivity contribution in [3.05, 3.63) is 60.0 Å². The van der Waals surface area contributed by atoms with Crippen molar-refractivity contribution in [1.29, 1.82) is 0 Å². The molecule has 0 radical (unpaired) electrons. The highest BCUT2D eigenvalue weighted by Gasteiger charge is 2.31.